The molecule has 3 rings (SSSR count). The van der Waals surface area contributed by atoms with Gasteiger partial charge in [-0.1, -0.05) is 71.4 Å². The summed E-state index contributed by atoms with van der Waals surface area (Å²) >= 11 is 0. The number of nitrogens with zero attached hydrogens (tertiary/aromatic N) is 2. The Hall–Kier alpha value is -2.04. The van der Waals surface area contributed by atoms with Crippen molar-refractivity contribution in [3.8, 4) is 5.75 Å². The molecule has 0 spiro atoms. The highest BCUT2D eigenvalue weighted by Crippen LogP contribution is 2.38. The molecule has 0 unspecified atom stereocenters. The molecule has 1 aliphatic rings. The zero-order valence-corrected chi connectivity index (χ0v) is 22.5. The van der Waals surface area contributed by atoms with E-state index in [4.69, 9.17) is 4.74 Å². The van der Waals surface area contributed by atoms with E-state index in [1.165, 1.54) is 22.4 Å². The topological polar surface area (TPSA) is 35.9 Å². The number of rotatable bonds is 10. The van der Waals surface area contributed by atoms with Crippen molar-refractivity contribution in [3.63, 3.8) is 0 Å². The molecule has 0 radical (unpaired) electrons. The number of benzene rings is 2. The summed E-state index contributed by atoms with van der Waals surface area (Å²) in [6, 6.07) is 15.4. The smallest absolute Gasteiger partial charge is 0.123 e. The minimum Gasteiger partial charge on any atom is -0.491 e. The molecule has 4 nitrogen and oxygen atoms in total. The third-order valence-corrected chi connectivity index (χ3v) is 7.93. The van der Waals surface area contributed by atoms with E-state index in [1.54, 1.807) is 0 Å². The van der Waals surface area contributed by atoms with E-state index in [-0.39, 0.29) is 10.8 Å². The van der Waals surface area contributed by atoms with E-state index < -0.39 is 6.10 Å². The minimum absolute atomic E-state index is 0.0203. The van der Waals surface area contributed by atoms with E-state index in [0.717, 1.165) is 44.8 Å². The number of hydrogen-bond donors (Lipinski definition) is 1. The van der Waals surface area contributed by atoms with Crippen LogP contribution in [0, 0.1) is 6.92 Å². The Balaban J connectivity index is 1.58. The highest BCUT2D eigenvalue weighted by molar-refractivity contribution is 5.48. The van der Waals surface area contributed by atoms with Crippen LogP contribution in [0.25, 0.3) is 0 Å². The number of aliphatic hydroxyl groups excluding tert-OH is 1. The van der Waals surface area contributed by atoms with Crippen LogP contribution in [0.4, 0.5) is 5.69 Å². The first-order valence-electron chi connectivity index (χ1n) is 13.1. The van der Waals surface area contributed by atoms with Gasteiger partial charge in [0.25, 0.3) is 0 Å². The van der Waals surface area contributed by atoms with Crippen molar-refractivity contribution in [2.24, 2.45) is 0 Å². The maximum atomic E-state index is 10.8. The lowest BCUT2D eigenvalue weighted by Crippen LogP contribution is -2.49. The van der Waals surface area contributed by atoms with Crippen LogP contribution < -0.4 is 9.64 Å². The normalized spacial score (nSPS) is 16.5. The molecule has 0 aliphatic carbocycles. The summed E-state index contributed by atoms with van der Waals surface area (Å²) in [6.45, 7) is 20.6. The Morgan fingerprint density at radius 1 is 0.882 bits per heavy atom. The number of aryl methyl sites for hydroxylation is 1. The number of β-amino-alcohol motifs (C(OH)–C–C–N with tert-alkyl or cyclic N) is 1. The van der Waals surface area contributed by atoms with Crippen molar-refractivity contribution in [2.75, 3.05) is 44.2 Å². The van der Waals surface area contributed by atoms with Crippen LogP contribution in [0.15, 0.2) is 42.5 Å². The lowest BCUT2D eigenvalue weighted by atomic mass is 9.76. The molecule has 34 heavy (non-hydrogen) atoms. The van der Waals surface area contributed by atoms with E-state index in [9.17, 15) is 5.11 Å². The van der Waals surface area contributed by atoms with Crippen LogP contribution in [0.2, 0.25) is 0 Å². The molecule has 1 aliphatic heterocycles. The van der Waals surface area contributed by atoms with Gasteiger partial charge in [-0.3, -0.25) is 4.90 Å². The second-order valence-corrected chi connectivity index (χ2v) is 11.3. The molecular formula is C30H46N2O2. The van der Waals surface area contributed by atoms with E-state index in [2.05, 4.69) is 101 Å². The van der Waals surface area contributed by atoms with Crippen LogP contribution in [0.1, 0.15) is 71.1 Å². The highest BCUT2D eigenvalue weighted by Gasteiger charge is 2.27. The van der Waals surface area contributed by atoms with E-state index in [1.807, 2.05) is 0 Å². The van der Waals surface area contributed by atoms with Crippen LogP contribution in [0.3, 0.4) is 0 Å². The fourth-order valence-electron chi connectivity index (χ4n) is 4.48. The molecule has 1 N–H and O–H groups in total. The zero-order valence-electron chi connectivity index (χ0n) is 22.5. The first-order chi connectivity index (χ1) is 16.1. The Bertz CT molecular complexity index is 912. The van der Waals surface area contributed by atoms with Gasteiger partial charge in [-0.25, -0.2) is 0 Å². The van der Waals surface area contributed by atoms with Gasteiger partial charge in [0.15, 0.2) is 0 Å². The quantitative estimate of drug-likeness (QED) is 0.471. The van der Waals surface area contributed by atoms with Gasteiger partial charge < -0.3 is 14.7 Å². The molecule has 188 valence electrons. The SMILES string of the molecule is CCC(C)(C)c1ccc(OC[C@H](O)CN2CCN(c3ccc(C)cc3)CC2)c(C(C)(C)CC)c1. The molecule has 2 aromatic carbocycles. The fourth-order valence-corrected chi connectivity index (χ4v) is 4.48. The average molecular weight is 467 g/mol. The van der Waals surface area contributed by atoms with Crippen molar-refractivity contribution >= 4 is 5.69 Å². The van der Waals surface area contributed by atoms with Gasteiger partial charge in [0.05, 0.1) is 0 Å². The van der Waals surface area contributed by atoms with Gasteiger partial charge in [-0.05, 0) is 54.4 Å². The van der Waals surface area contributed by atoms with Crippen molar-refractivity contribution in [1.82, 2.24) is 4.90 Å². The van der Waals surface area contributed by atoms with Gasteiger partial charge in [0.2, 0.25) is 0 Å². The first kappa shape index (κ1) is 26.6. The zero-order chi connectivity index (χ0) is 24.9. The van der Waals surface area contributed by atoms with Crippen molar-refractivity contribution in [2.45, 2.75) is 78.2 Å². The summed E-state index contributed by atoms with van der Waals surface area (Å²) in [7, 11) is 0. The van der Waals surface area contributed by atoms with E-state index >= 15 is 0 Å². The summed E-state index contributed by atoms with van der Waals surface area (Å²) in [5.41, 5.74) is 5.33. The molecular weight excluding hydrogens is 420 g/mol. The van der Waals surface area contributed by atoms with Gasteiger partial charge in [0, 0.05) is 44.0 Å². The minimum atomic E-state index is -0.504. The number of ether oxygens (including phenoxy) is 1. The van der Waals surface area contributed by atoms with Gasteiger partial charge in [-0.15, -0.1) is 0 Å². The molecule has 1 saturated heterocycles. The highest BCUT2D eigenvalue weighted by atomic mass is 16.5. The van der Waals surface area contributed by atoms with Crippen molar-refractivity contribution in [3.05, 3.63) is 59.2 Å². The number of piperazine rings is 1. The lowest BCUT2D eigenvalue weighted by Gasteiger charge is -2.37. The molecule has 2 aromatic rings. The second-order valence-electron chi connectivity index (χ2n) is 11.3. The average Bonchev–Trinajstić information content (AvgIpc) is 2.83. The lowest BCUT2D eigenvalue weighted by molar-refractivity contribution is 0.0655. The predicted molar refractivity (Wildman–Crippen MR) is 144 cm³/mol. The van der Waals surface area contributed by atoms with E-state index in [0.29, 0.717) is 13.2 Å². The number of anilines is 1. The molecule has 0 saturated carbocycles. The monoisotopic (exact) mass is 466 g/mol. The Morgan fingerprint density at radius 2 is 1.50 bits per heavy atom. The maximum Gasteiger partial charge on any atom is 0.123 e. The summed E-state index contributed by atoms with van der Waals surface area (Å²) in [4.78, 5) is 4.78. The maximum absolute atomic E-state index is 10.8. The van der Waals surface area contributed by atoms with Crippen LogP contribution in [-0.4, -0.2) is 55.4 Å². The molecule has 0 bridgehead atoms. The van der Waals surface area contributed by atoms with Gasteiger partial charge in [0.1, 0.15) is 18.5 Å². The fraction of sp³-hybridized carbons (Fsp3) is 0.600. The van der Waals surface area contributed by atoms with Crippen molar-refractivity contribution < 1.29 is 9.84 Å². The second kappa shape index (κ2) is 11.1. The Morgan fingerprint density at radius 3 is 2.09 bits per heavy atom. The summed E-state index contributed by atoms with van der Waals surface area (Å²) in [5, 5.41) is 10.8. The molecule has 4 heteroatoms. The number of aliphatic hydroxyl groups is 1. The first-order valence-corrected chi connectivity index (χ1v) is 13.1. The van der Waals surface area contributed by atoms with Crippen LogP contribution >= 0.6 is 0 Å². The Labute approximate surface area is 207 Å². The summed E-state index contributed by atoms with van der Waals surface area (Å²) in [5.74, 6) is 0.908. The molecule has 0 amide bonds. The third kappa shape index (κ3) is 6.55. The van der Waals surface area contributed by atoms with Crippen molar-refractivity contribution in [1.29, 1.82) is 0 Å². The van der Waals surface area contributed by atoms with Gasteiger partial charge in [-0.2, -0.15) is 0 Å². The summed E-state index contributed by atoms with van der Waals surface area (Å²) in [6.07, 6.45) is 1.62. The summed E-state index contributed by atoms with van der Waals surface area (Å²) < 4.78 is 6.24. The predicted octanol–water partition coefficient (Wildman–Crippen LogP) is 5.93. The molecule has 1 heterocycles. The van der Waals surface area contributed by atoms with Crippen LogP contribution in [-0.2, 0) is 10.8 Å². The molecule has 1 atom stereocenters. The largest absolute Gasteiger partial charge is 0.491 e. The van der Waals surface area contributed by atoms with Crippen LogP contribution in [0.5, 0.6) is 5.75 Å². The third-order valence-electron chi connectivity index (χ3n) is 7.93. The number of hydrogen-bond acceptors (Lipinski definition) is 4. The molecule has 1 fully saturated rings. The molecule has 0 aromatic heterocycles. The Kier molecular flexibility index (Phi) is 8.70. The van der Waals surface area contributed by atoms with Gasteiger partial charge >= 0.3 is 0 Å². The standard InChI is InChI=1S/C30H46N2O2/c1-8-29(4,5)24-12-15-28(27(20-24)30(6,7)9-2)34-22-26(33)21-31-16-18-32(19-17-31)25-13-10-23(3)11-14-25/h10-15,20,26,33H,8-9,16-19,21-22H2,1-7H3/t26-/m1/s1.